The molecule has 0 bridgehead atoms. The monoisotopic (exact) mass is 217 g/mol. The van der Waals surface area contributed by atoms with E-state index in [4.69, 9.17) is 0 Å². The van der Waals surface area contributed by atoms with Gasteiger partial charge in [0.1, 0.15) is 0 Å². The van der Waals surface area contributed by atoms with Gasteiger partial charge in [0.05, 0.1) is 5.52 Å². The number of pyridine rings is 1. The molecule has 0 unspecified atom stereocenters. The van der Waals surface area contributed by atoms with Crippen LogP contribution in [0.5, 0.6) is 0 Å². The molecule has 2 nitrogen and oxygen atoms in total. The smallest absolute Gasteiger partial charge is 0.151 e. The molecular formula is C12H11NOS. The lowest BCUT2D eigenvalue weighted by molar-refractivity contribution is 0.112. The number of thioether (sulfide) groups is 1. The topological polar surface area (TPSA) is 30.0 Å². The molecule has 1 aromatic carbocycles. The van der Waals surface area contributed by atoms with Gasteiger partial charge in [-0.05, 0) is 17.9 Å². The van der Waals surface area contributed by atoms with Gasteiger partial charge in [0, 0.05) is 22.0 Å². The number of rotatable bonds is 3. The predicted octanol–water partition coefficient (Wildman–Crippen LogP) is 3.16. The first-order chi connectivity index (χ1) is 7.35. The zero-order valence-corrected chi connectivity index (χ0v) is 9.25. The van der Waals surface area contributed by atoms with Crippen LogP contribution < -0.4 is 0 Å². The van der Waals surface area contributed by atoms with Crippen LogP contribution in [0.1, 0.15) is 17.3 Å². The molecule has 2 aromatic rings. The zero-order chi connectivity index (χ0) is 10.7. The highest BCUT2D eigenvalue weighted by Crippen LogP contribution is 2.26. The molecule has 2 rings (SSSR count). The van der Waals surface area contributed by atoms with Gasteiger partial charge in [-0.1, -0.05) is 19.1 Å². The number of nitrogens with zero attached hydrogens (tertiary/aromatic N) is 1. The lowest BCUT2D eigenvalue weighted by Crippen LogP contribution is -1.86. The van der Waals surface area contributed by atoms with Crippen LogP contribution in [0.15, 0.2) is 35.4 Å². The van der Waals surface area contributed by atoms with Crippen molar-refractivity contribution < 1.29 is 4.79 Å². The molecule has 3 heteroatoms. The molecule has 0 saturated carbocycles. The third-order valence-electron chi connectivity index (χ3n) is 2.13. The van der Waals surface area contributed by atoms with E-state index in [0.717, 1.165) is 22.9 Å². The van der Waals surface area contributed by atoms with E-state index in [9.17, 15) is 4.79 Å². The summed E-state index contributed by atoms with van der Waals surface area (Å²) in [4.78, 5) is 16.1. The fourth-order valence-corrected chi connectivity index (χ4v) is 2.28. The Bertz CT molecular complexity index is 496. The maximum absolute atomic E-state index is 10.6. The number of fused-ring (bicyclic) bond motifs is 1. The minimum Gasteiger partial charge on any atom is -0.298 e. The van der Waals surface area contributed by atoms with Gasteiger partial charge in [-0.3, -0.25) is 9.78 Å². The number of aromatic nitrogens is 1. The van der Waals surface area contributed by atoms with E-state index < -0.39 is 0 Å². The van der Waals surface area contributed by atoms with Crippen molar-refractivity contribution in [2.24, 2.45) is 0 Å². The van der Waals surface area contributed by atoms with Crippen molar-refractivity contribution in [1.29, 1.82) is 0 Å². The average Bonchev–Trinajstić information content (AvgIpc) is 2.29. The first-order valence-electron chi connectivity index (χ1n) is 4.82. The standard InChI is InChI=1S/C12H11NOS/c1-2-15-11-5-3-4-10-6-9(8-14)7-13-12(10)11/h3-8H,2H2,1H3. The SMILES string of the molecule is CCSc1cccc2cc(C=O)cnc12. The molecule has 1 heterocycles. The molecule has 1 aromatic heterocycles. The van der Waals surface area contributed by atoms with Crippen LogP contribution >= 0.6 is 11.8 Å². The summed E-state index contributed by atoms with van der Waals surface area (Å²) < 4.78 is 0. The summed E-state index contributed by atoms with van der Waals surface area (Å²) >= 11 is 1.77. The highest BCUT2D eigenvalue weighted by molar-refractivity contribution is 7.99. The van der Waals surface area contributed by atoms with E-state index >= 15 is 0 Å². The Hall–Kier alpha value is -1.35. The predicted molar refractivity (Wildman–Crippen MR) is 63.5 cm³/mol. The van der Waals surface area contributed by atoms with Gasteiger partial charge in [-0.25, -0.2) is 0 Å². The molecule has 0 radical (unpaired) electrons. The second kappa shape index (κ2) is 4.45. The second-order valence-electron chi connectivity index (χ2n) is 3.15. The number of hydrogen-bond donors (Lipinski definition) is 0. The van der Waals surface area contributed by atoms with E-state index in [1.54, 1.807) is 18.0 Å². The Morgan fingerprint density at radius 1 is 1.47 bits per heavy atom. The number of aldehydes is 1. The largest absolute Gasteiger partial charge is 0.298 e. The van der Waals surface area contributed by atoms with Crippen LogP contribution in [0.25, 0.3) is 10.9 Å². The van der Waals surface area contributed by atoms with Gasteiger partial charge in [0.25, 0.3) is 0 Å². The third kappa shape index (κ3) is 2.02. The van der Waals surface area contributed by atoms with Crippen molar-refractivity contribution in [2.45, 2.75) is 11.8 Å². The van der Waals surface area contributed by atoms with Crippen molar-refractivity contribution in [1.82, 2.24) is 4.98 Å². The van der Waals surface area contributed by atoms with Crippen LogP contribution in [0.4, 0.5) is 0 Å². The molecule has 0 aliphatic rings. The summed E-state index contributed by atoms with van der Waals surface area (Å²) in [6.45, 7) is 2.11. The molecule has 0 atom stereocenters. The van der Waals surface area contributed by atoms with E-state index in [0.29, 0.717) is 5.56 Å². The van der Waals surface area contributed by atoms with Crippen LogP contribution in [-0.4, -0.2) is 17.0 Å². The Kier molecular flexibility index (Phi) is 3.02. The Balaban J connectivity index is 2.61. The van der Waals surface area contributed by atoms with Crippen molar-refractivity contribution in [3.05, 3.63) is 36.0 Å². The van der Waals surface area contributed by atoms with E-state index in [-0.39, 0.29) is 0 Å². The van der Waals surface area contributed by atoms with Crippen molar-refractivity contribution in [2.75, 3.05) is 5.75 Å². The summed E-state index contributed by atoms with van der Waals surface area (Å²) in [5, 5.41) is 1.03. The van der Waals surface area contributed by atoms with E-state index in [2.05, 4.69) is 18.0 Å². The molecule has 0 amide bonds. The molecule has 0 aliphatic carbocycles. The maximum Gasteiger partial charge on any atom is 0.151 e. The van der Waals surface area contributed by atoms with Gasteiger partial charge in [0.2, 0.25) is 0 Å². The number of para-hydroxylation sites is 1. The average molecular weight is 217 g/mol. The molecule has 0 spiro atoms. The number of carbonyl (C=O) groups is 1. The maximum atomic E-state index is 10.6. The summed E-state index contributed by atoms with van der Waals surface area (Å²) in [7, 11) is 0. The summed E-state index contributed by atoms with van der Waals surface area (Å²) in [6, 6.07) is 7.91. The molecule has 15 heavy (non-hydrogen) atoms. The molecule has 0 fully saturated rings. The van der Waals surface area contributed by atoms with Crippen LogP contribution in [0, 0.1) is 0 Å². The summed E-state index contributed by atoms with van der Waals surface area (Å²) in [5.74, 6) is 1.02. The minimum absolute atomic E-state index is 0.626. The molecule has 0 saturated heterocycles. The quantitative estimate of drug-likeness (QED) is 0.584. The molecule has 0 N–H and O–H groups in total. The lowest BCUT2D eigenvalue weighted by Gasteiger charge is -2.03. The number of hydrogen-bond acceptors (Lipinski definition) is 3. The van der Waals surface area contributed by atoms with Gasteiger partial charge < -0.3 is 0 Å². The zero-order valence-electron chi connectivity index (χ0n) is 8.43. The fraction of sp³-hybridized carbons (Fsp3) is 0.167. The summed E-state index contributed by atoms with van der Waals surface area (Å²) in [5.41, 5.74) is 1.61. The number of carbonyl (C=O) groups excluding carboxylic acids is 1. The highest BCUT2D eigenvalue weighted by atomic mass is 32.2. The Labute approximate surface area is 92.7 Å². The Morgan fingerprint density at radius 3 is 3.07 bits per heavy atom. The summed E-state index contributed by atoms with van der Waals surface area (Å²) in [6.07, 6.45) is 2.45. The lowest BCUT2D eigenvalue weighted by atomic mass is 10.2. The first-order valence-corrected chi connectivity index (χ1v) is 5.80. The first kappa shape index (κ1) is 10.2. The van der Waals surface area contributed by atoms with Crippen molar-refractivity contribution >= 4 is 29.0 Å². The van der Waals surface area contributed by atoms with Crippen LogP contribution in [-0.2, 0) is 0 Å². The van der Waals surface area contributed by atoms with Crippen molar-refractivity contribution in [3.8, 4) is 0 Å². The molecule has 0 aliphatic heterocycles. The second-order valence-corrected chi connectivity index (χ2v) is 4.45. The highest BCUT2D eigenvalue weighted by Gasteiger charge is 2.02. The van der Waals surface area contributed by atoms with Gasteiger partial charge in [-0.2, -0.15) is 0 Å². The van der Waals surface area contributed by atoms with Crippen LogP contribution in [0.3, 0.4) is 0 Å². The normalized spacial score (nSPS) is 10.5. The van der Waals surface area contributed by atoms with Gasteiger partial charge >= 0.3 is 0 Å². The van der Waals surface area contributed by atoms with E-state index in [1.165, 1.54) is 4.90 Å². The molecule has 76 valence electrons. The minimum atomic E-state index is 0.626. The number of benzene rings is 1. The van der Waals surface area contributed by atoms with E-state index in [1.807, 2.05) is 18.2 Å². The third-order valence-corrected chi connectivity index (χ3v) is 3.06. The van der Waals surface area contributed by atoms with Gasteiger partial charge in [-0.15, -0.1) is 11.8 Å². The van der Waals surface area contributed by atoms with Crippen molar-refractivity contribution in [3.63, 3.8) is 0 Å². The van der Waals surface area contributed by atoms with Gasteiger partial charge in [0.15, 0.2) is 6.29 Å². The Morgan fingerprint density at radius 2 is 2.33 bits per heavy atom. The van der Waals surface area contributed by atoms with Crippen LogP contribution in [0.2, 0.25) is 0 Å². The fourth-order valence-electron chi connectivity index (χ4n) is 1.49. The molecular weight excluding hydrogens is 206 g/mol.